The van der Waals surface area contributed by atoms with Crippen molar-refractivity contribution in [3.05, 3.63) is 21.6 Å². The van der Waals surface area contributed by atoms with Gasteiger partial charge in [-0.05, 0) is 32.1 Å². The molecule has 1 saturated carbocycles. The molecule has 0 spiro atoms. The van der Waals surface area contributed by atoms with Gasteiger partial charge in [0.15, 0.2) is 0 Å². The van der Waals surface area contributed by atoms with Gasteiger partial charge in [-0.3, -0.25) is 4.79 Å². The van der Waals surface area contributed by atoms with Crippen molar-refractivity contribution in [3.63, 3.8) is 0 Å². The molecule has 0 saturated heterocycles. The van der Waals surface area contributed by atoms with Crippen molar-refractivity contribution in [2.45, 2.75) is 58.9 Å². The molecule has 1 aliphatic carbocycles. The van der Waals surface area contributed by atoms with Crippen molar-refractivity contribution < 1.29 is 0 Å². The highest BCUT2D eigenvalue weighted by Gasteiger charge is 2.26. The van der Waals surface area contributed by atoms with Crippen molar-refractivity contribution in [2.75, 3.05) is 11.9 Å². The van der Waals surface area contributed by atoms with E-state index in [9.17, 15) is 4.79 Å². The minimum absolute atomic E-state index is 0.0184. The van der Waals surface area contributed by atoms with Gasteiger partial charge >= 0.3 is 0 Å². The molecule has 20 heavy (non-hydrogen) atoms. The number of nitrogens with zero attached hydrogens (tertiary/aromatic N) is 2. The minimum Gasteiger partial charge on any atom is -0.382 e. The molecule has 0 aliphatic heterocycles. The second kappa shape index (κ2) is 6.17. The van der Waals surface area contributed by atoms with Gasteiger partial charge in [-0.1, -0.05) is 37.8 Å². The van der Waals surface area contributed by atoms with Gasteiger partial charge < -0.3 is 5.32 Å². The lowest BCUT2D eigenvalue weighted by Gasteiger charge is -2.34. The first-order valence-electron chi connectivity index (χ1n) is 7.44. The molecule has 0 atom stereocenters. The van der Waals surface area contributed by atoms with Crippen LogP contribution in [0.25, 0.3) is 0 Å². The number of nitrogens with one attached hydrogen (secondary N) is 1. The Balaban J connectivity index is 2.10. The average molecular weight is 298 g/mol. The average Bonchev–Trinajstić information content (AvgIpc) is 2.41. The molecule has 5 heteroatoms. The molecule has 1 N–H and O–H groups in total. The monoisotopic (exact) mass is 297 g/mol. The van der Waals surface area contributed by atoms with Crippen LogP contribution in [-0.4, -0.2) is 16.3 Å². The summed E-state index contributed by atoms with van der Waals surface area (Å²) in [5.41, 5.74) is 0.731. The summed E-state index contributed by atoms with van der Waals surface area (Å²) in [6, 6.07) is 0.0184. The normalized spacial score (nSPS) is 18.2. The van der Waals surface area contributed by atoms with E-state index in [2.05, 4.69) is 17.3 Å². The van der Waals surface area contributed by atoms with Crippen LogP contribution >= 0.6 is 11.6 Å². The summed E-state index contributed by atoms with van der Waals surface area (Å²) in [5.74, 6) is 0. The molecule has 2 rings (SSSR count). The highest BCUT2D eigenvalue weighted by atomic mass is 35.5. The Kier molecular flexibility index (Phi) is 4.74. The van der Waals surface area contributed by atoms with Gasteiger partial charge in [-0.25, -0.2) is 4.68 Å². The maximum atomic E-state index is 12.1. The lowest BCUT2D eigenvalue weighted by molar-refractivity contribution is 0.233. The van der Waals surface area contributed by atoms with Crippen LogP contribution in [0.3, 0.4) is 0 Å². The number of rotatable bonds is 4. The SMILES string of the molecule is CC(C)n1ncc(NCC2(C)CCCCC2)c(Cl)c1=O. The van der Waals surface area contributed by atoms with Crippen LogP contribution in [0, 0.1) is 5.41 Å². The van der Waals surface area contributed by atoms with Crippen LogP contribution in [0.1, 0.15) is 58.9 Å². The maximum absolute atomic E-state index is 12.1. The highest BCUT2D eigenvalue weighted by molar-refractivity contribution is 6.32. The fourth-order valence-corrected chi connectivity index (χ4v) is 3.03. The molecule has 0 unspecified atom stereocenters. The summed E-state index contributed by atoms with van der Waals surface area (Å²) < 4.78 is 1.41. The summed E-state index contributed by atoms with van der Waals surface area (Å²) in [5, 5.41) is 7.75. The molecule has 0 aromatic carbocycles. The van der Waals surface area contributed by atoms with E-state index in [4.69, 9.17) is 11.6 Å². The first kappa shape index (κ1) is 15.4. The smallest absolute Gasteiger partial charge is 0.287 e. The van der Waals surface area contributed by atoms with Crippen molar-refractivity contribution in [2.24, 2.45) is 5.41 Å². The summed E-state index contributed by atoms with van der Waals surface area (Å²) in [6.45, 7) is 6.98. The molecule has 1 aromatic rings. The highest BCUT2D eigenvalue weighted by Crippen LogP contribution is 2.36. The topological polar surface area (TPSA) is 46.9 Å². The Bertz CT molecular complexity index is 518. The lowest BCUT2D eigenvalue weighted by atomic mass is 9.76. The van der Waals surface area contributed by atoms with Gasteiger partial charge in [0, 0.05) is 6.54 Å². The van der Waals surface area contributed by atoms with Gasteiger partial charge in [-0.2, -0.15) is 5.10 Å². The third-order valence-electron chi connectivity index (χ3n) is 4.20. The third-order valence-corrected chi connectivity index (χ3v) is 4.56. The summed E-state index contributed by atoms with van der Waals surface area (Å²) in [7, 11) is 0. The first-order valence-corrected chi connectivity index (χ1v) is 7.82. The fraction of sp³-hybridized carbons (Fsp3) is 0.733. The number of hydrogen-bond acceptors (Lipinski definition) is 3. The van der Waals surface area contributed by atoms with E-state index in [0.717, 1.165) is 6.54 Å². The predicted octanol–water partition coefficient (Wildman–Crippen LogP) is 3.86. The maximum Gasteiger partial charge on any atom is 0.287 e. The van der Waals surface area contributed by atoms with Crippen LogP contribution in [0.5, 0.6) is 0 Å². The van der Waals surface area contributed by atoms with Crippen LogP contribution in [0.15, 0.2) is 11.0 Å². The van der Waals surface area contributed by atoms with Gasteiger partial charge in [0.25, 0.3) is 5.56 Å². The zero-order chi connectivity index (χ0) is 14.8. The van der Waals surface area contributed by atoms with Crippen LogP contribution in [0.4, 0.5) is 5.69 Å². The zero-order valence-electron chi connectivity index (χ0n) is 12.6. The van der Waals surface area contributed by atoms with E-state index >= 15 is 0 Å². The quantitative estimate of drug-likeness (QED) is 0.918. The van der Waals surface area contributed by atoms with Crippen LogP contribution in [0.2, 0.25) is 5.02 Å². The molecular formula is C15H24ClN3O. The summed E-state index contributed by atoms with van der Waals surface area (Å²) in [4.78, 5) is 12.1. The first-order chi connectivity index (χ1) is 9.43. The standard InChI is InChI=1S/C15H24ClN3O/c1-11(2)19-14(20)13(16)12(9-18-19)17-10-15(3)7-5-4-6-8-15/h9,11,17H,4-8,10H2,1-3H3. The van der Waals surface area contributed by atoms with Gasteiger partial charge in [-0.15, -0.1) is 0 Å². The molecule has 112 valence electrons. The number of anilines is 1. The Hall–Kier alpha value is -1.03. The second-order valence-electron chi connectivity index (χ2n) is 6.44. The number of halogens is 1. The van der Waals surface area contributed by atoms with Crippen molar-refractivity contribution in [1.29, 1.82) is 0 Å². The predicted molar refractivity (Wildman–Crippen MR) is 83.6 cm³/mol. The second-order valence-corrected chi connectivity index (χ2v) is 6.82. The van der Waals surface area contributed by atoms with Gasteiger partial charge in [0.1, 0.15) is 5.02 Å². The van der Waals surface area contributed by atoms with Crippen LogP contribution < -0.4 is 10.9 Å². The Morgan fingerprint density at radius 3 is 2.65 bits per heavy atom. The number of aromatic nitrogens is 2. The van der Waals surface area contributed by atoms with E-state index in [0.29, 0.717) is 11.1 Å². The Labute approximate surface area is 125 Å². The molecule has 0 radical (unpaired) electrons. The molecule has 4 nitrogen and oxygen atoms in total. The van der Waals surface area contributed by atoms with E-state index in [1.807, 2.05) is 13.8 Å². The van der Waals surface area contributed by atoms with Gasteiger partial charge in [0.2, 0.25) is 0 Å². The van der Waals surface area contributed by atoms with Crippen LogP contribution in [-0.2, 0) is 0 Å². The van der Waals surface area contributed by atoms with E-state index in [-0.39, 0.29) is 16.6 Å². The Morgan fingerprint density at radius 2 is 2.05 bits per heavy atom. The van der Waals surface area contributed by atoms with E-state index in [1.165, 1.54) is 36.8 Å². The Morgan fingerprint density at radius 1 is 1.40 bits per heavy atom. The van der Waals surface area contributed by atoms with E-state index in [1.54, 1.807) is 6.20 Å². The minimum atomic E-state index is -0.222. The molecular weight excluding hydrogens is 274 g/mol. The molecule has 1 aliphatic rings. The molecule has 1 aromatic heterocycles. The lowest BCUT2D eigenvalue weighted by Crippen LogP contribution is -2.30. The molecule has 0 amide bonds. The van der Waals surface area contributed by atoms with Crippen molar-refractivity contribution in [3.8, 4) is 0 Å². The van der Waals surface area contributed by atoms with Crippen molar-refractivity contribution >= 4 is 17.3 Å². The van der Waals surface area contributed by atoms with Gasteiger partial charge in [0.05, 0.1) is 17.9 Å². The van der Waals surface area contributed by atoms with Crippen molar-refractivity contribution in [1.82, 2.24) is 9.78 Å². The summed E-state index contributed by atoms with van der Waals surface area (Å²) >= 11 is 6.17. The fourth-order valence-electron chi connectivity index (χ4n) is 2.83. The number of hydrogen-bond donors (Lipinski definition) is 1. The molecule has 0 bridgehead atoms. The molecule has 1 fully saturated rings. The summed E-state index contributed by atoms with van der Waals surface area (Å²) in [6.07, 6.45) is 8.04. The zero-order valence-corrected chi connectivity index (χ0v) is 13.3. The largest absolute Gasteiger partial charge is 0.382 e. The van der Waals surface area contributed by atoms with E-state index < -0.39 is 0 Å². The third kappa shape index (κ3) is 3.35. The molecule has 1 heterocycles.